The number of β-amino-alcohol motifs (C(OH)–C–C–N with tert-alkyl or cyclic N) is 1. The molecule has 17 heavy (non-hydrogen) atoms. The summed E-state index contributed by atoms with van der Waals surface area (Å²) in [5, 5.41) is 10.0. The number of rotatable bonds is 3. The molecular weight excluding hydrogens is 216 g/mol. The van der Waals surface area contributed by atoms with E-state index >= 15 is 0 Å². The van der Waals surface area contributed by atoms with Gasteiger partial charge in [0.25, 0.3) is 0 Å². The molecule has 1 heterocycles. The molecule has 1 fully saturated rings. The van der Waals surface area contributed by atoms with Crippen LogP contribution in [0.1, 0.15) is 18.9 Å². The van der Waals surface area contributed by atoms with Gasteiger partial charge >= 0.3 is 0 Å². The highest BCUT2D eigenvalue weighted by molar-refractivity contribution is 5.58. The van der Waals surface area contributed by atoms with Crippen LogP contribution in [-0.2, 0) is 6.54 Å². The number of methoxy groups -OCH3 is 1. The first-order chi connectivity index (χ1) is 8.05. The van der Waals surface area contributed by atoms with E-state index in [-0.39, 0.29) is 0 Å². The Hall–Kier alpha value is -1.26. The van der Waals surface area contributed by atoms with Crippen molar-refractivity contribution in [3.63, 3.8) is 0 Å². The molecule has 0 radical (unpaired) electrons. The van der Waals surface area contributed by atoms with Crippen LogP contribution in [0.5, 0.6) is 5.75 Å². The number of anilines is 1. The van der Waals surface area contributed by atoms with Gasteiger partial charge in [0, 0.05) is 31.4 Å². The molecule has 1 unspecified atom stereocenters. The average molecular weight is 236 g/mol. The van der Waals surface area contributed by atoms with Crippen molar-refractivity contribution in [2.24, 2.45) is 5.73 Å². The second-order valence-corrected chi connectivity index (χ2v) is 4.87. The molecule has 0 amide bonds. The second kappa shape index (κ2) is 4.55. The number of hydrogen-bond donors (Lipinski definition) is 2. The highest BCUT2D eigenvalue weighted by Gasteiger charge is 2.32. The molecule has 2 rings (SSSR count). The molecule has 4 heteroatoms. The Bertz CT molecular complexity index is 404. The van der Waals surface area contributed by atoms with Crippen molar-refractivity contribution < 1.29 is 9.84 Å². The molecule has 4 nitrogen and oxygen atoms in total. The van der Waals surface area contributed by atoms with Crippen LogP contribution in [0.15, 0.2) is 18.2 Å². The summed E-state index contributed by atoms with van der Waals surface area (Å²) in [6.07, 6.45) is 0.786. The van der Waals surface area contributed by atoms with Crippen LogP contribution in [0.3, 0.4) is 0 Å². The van der Waals surface area contributed by atoms with Crippen molar-refractivity contribution in [1.29, 1.82) is 0 Å². The lowest BCUT2D eigenvalue weighted by Gasteiger charge is -2.23. The number of nitrogens with two attached hydrogens (primary N) is 1. The molecule has 0 saturated carbocycles. The lowest BCUT2D eigenvalue weighted by Crippen LogP contribution is -2.30. The molecule has 0 aliphatic carbocycles. The maximum Gasteiger partial charge on any atom is 0.120 e. The summed E-state index contributed by atoms with van der Waals surface area (Å²) >= 11 is 0. The molecule has 1 aromatic carbocycles. The molecule has 94 valence electrons. The van der Waals surface area contributed by atoms with Gasteiger partial charge in [-0.05, 0) is 25.0 Å². The summed E-state index contributed by atoms with van der Waals surface area (Å²) in [5.41, 5.74) is 7.31. The van der Waals surface area contributed by atoms with E-state index < -0.39 is 5.60 Å². The number of aliphatic hydroxyl groups is 1. The molecule has 1 aliphatic heterocycles. The number of hydrogen-bond acceptors (Lipinski definition) is 4. The van der Waals surface area contributed by atoms with Crippen LogP contribution in [-0.4, -0.2) is 30.9 Å². The Balaban J connectivity index is 2.30. The zero-order chi connectivity index (χ0) is 12.5. The Morgan fingerprint density at radius 1 is 1.53 bits per heavy atom. The van der Waals surface area contributed by atoms with E-state index in [9.17, 15) is 5.11 Å². The van der Waals surface area contributed by atoms with Gasteiger partial charge < -0.3 is 20.5 Å². The summed E-state index contributed by atoms with van der Waals surface area (Å²) in [6, 6.07) is 5.89. The van der Waals surface area contributed by atoms with Crippen molar-refractivity contribution in [3.8, 4) is 5.75 Å². The first-order valence-electron chi connectivity index (χ1n) is 5.90. The van der Waals surface area contributed by atoms with Crippen molar-refractivity contribution in [3.05, 3.63) is 23.8 Å². The molecule has 1 aliphatic rings. The highest BCUT2D eigenvalue weighted by atomic mass is 16.5. The van der Waals surface area contributed by atoms with Crippen LogP contribution >= 0.6 is 0 Å². The maximum atomic E-state index is 10.0. The fourth-order valence-electron chi connectivity index (χ4n) is 2.29. The van der Waals surface area contributed by atoms with Gasteiger partial charge in [0.05, 0.1) is 12.7 Å². The van der Waals surface area contributed by atoms with E-state index in [4.69, 9.17) is 10.5 Å². The van der Waals surface area contributed by atoms with Gasteiger partial charge in [-0.25, -0.2) is 0 Å². The van der Waals surface area contributed by atoms with Crippen LogP contribution in [0.25, 0.3) is 0 Å². The normalized spacial score (nSPS) is 24.1. The van der Waals surface area contributed by atoms with Crippen LogP contribution < -0.4 is 15.4 Å². The SMILES string of the molecule is COc1ccc(CN)c(N2CCC(C)(O)C2)c1. The average Bonchev–Trinajstić information content (AvgIpc) is 2.68. The van der Waals surface area contributed by atoms with E-state index in [1.807, 2.05) is 25.1 Å². The minimum absolute atomic E-state index is 0.498. The highest BCUT2D eigenvalue weighted by Crippen LogP contribution is 2.31. The molecule has 1 atom stereocenters. The first-order valence-corrected chi connectivity index (χ1v) is 5.90. The smallest absolute Gasteiger partial charge is 0.120 e. The predicted molar refractivity (Wildman–Crippen MR) is 68.3 cm³/mol. The third-order valence-electron chi connectivity index (χ3n) is 3.30. The van der Waals surface area contributed by atoms with Crippen LogP contribution in [0.4, 0.5) is 5.69 Å². The van der Waals surface area contributed by atoms with Crippen LogP contribution in [0.2, 0.25) is 0 Å². The van der Waals surface area contributed by atoms with Crippen molar-refractivity contribution in [2.45, 2.75) is 25.5 Å². The Morgan fingerprint density at radius 3 is 2.82 bits per heavy atom. The van der Waals surface area contributed by atoms with Crippen molar-refractivity contribution in [2.75, 3.05) is 25.1 Å². The first kappa shape index (κ1) is 12.2. The molecule has 1 aromatic rings. The summed E-state index contributed by atoms with van der Waals surface area (Å²) in [5.74, 6) is 0.823. The Kier molecular flexibility index (Phi) is 3.26. The predicted octanol–water partition coefficient (Wildman–Crippen LogP) is 1.11. The third kappa shape index (κ3) is 2.53. The second-order valence-electron chi connectivity index (χ2n) is 4.87. The monoisotopic (exact) mass is 236 g/mol. The van der Waals surface area contributed by atoms with Gasteiger partial charge in [0.1, 0.15) is 5.75 Å². The zero-order valence-electron chi connectivity index (χ0n) is 10.4. The van der Waals surface area contributed by atoms with Crippen molar-refractivity contribution >= 4 is 5.69 Å². The minimum atomic E-state index is -0.602. The summed E-state index contributed by atoms with van der Waals surface area (Å²) < 4.78 is 5.24. The summed E-state index contributed by atoms with van der Waals surface area (Å²) in [4.78, 5) is 2.17. The third-order valence-corrected chi connectivity index (χ3v) is 3.30. The Labute approximate surface area is 102 Å². The quantitative estimate of drug-likeness (QED) is 0.825. The van der Waals surface area contributed by atoms with E-state index in [0.29, 0.717) is 13.1 Å². The van der Waals surface area contributed by atoms with Crippen molar-refractivity contribution in [1.82, 2.24) is 0 Å². The largest absolute Gasteiger partial charge is 0.497 e. The molecule has 3 N–H and O–H groups in total. The van der Waals surface area contributed by atoms with Crippen LogP contribution in [0, 0.1) is 0 Å². The lowest BCUT2D eigenvalue weighted by molar-refractivity contribution is 0.0839. The summed E-state index contributed by atoms with van der Waals surface area (Å²) in [6.45, 7) is 3.87. The van der Waals surface area contributed by atoms with Gasteiger partial charge in [-0.3, -0.25) is 0 Å². The molecule has 0 spiro atoms. The number of ether oxygens (including phenoxy) is 1. The summed E-state index contributed by atoms with van der Waals surface area (Å²) in [7, 11) is 1.65. The van der Waals surface area contributed by atoms with E-state index in [2.05, 4.69) is 4.90 Å². The van der Waals surface area contributed by atoms with Gasteiger partial charge in [-0.15, -0.1) is 0 Å². The van der Waals surface area contributed by atoms with Gasteiger partial charge in [0.15, 0.2) is 0 Å². The van der Waals surface area contributed by atoms with Gasteiger partial charge in [-0.1, -0.05) is 6.07 Å². The Morgan fingerprint density at radius 2 is 2.29 bits per heavy atom. The topological polar surface area (TPSA) is 58.7 Å². The number of benzene rings is 1. The fraction of sp³-hybridized carbons (Fsp3) is 0.538. The maximum absolute atomic E-state index is 10.0. The minimum Gasteiger partial charge on any atom is -0.497 e. The van der Waals surface area contributed by atoms with E-state index in [0.717, 1.165) is 30.0 Å². The van der Waals surface area contributed by atoms with E-state index in [1.165, 1.54) is 0 Å². The number of nitrogens with zero attached hydrogens (tertiary/aromatic N) is 1. The van der Waals surface area contributed by atoms with E-state index in [1.54, 1.807) is 7.11 Å². The standard InChI is InChI=1S/C13H20N2O2/c1-13(16)5-6-15(9-13)12-7-11(17-2)4-3-10(12)8-14/h3-4,7,16H,5-6,8-9,14H2,1-2H3. The molecule has 1 saturated heterocycles. The molecular formula is C13H20N2O2. The van der Waals surface area contributed by atoms with Gasteiger partial charge in [-0.2, -0.15) is 0 Å². The van der Waals surface area contributed by atoms with Gasteiger partial charge in [0.2, 0.25) is 0 Å². The zero-order valence-corrected chi connectivity index (χ0v) is 10.4. The molecule has 0 bridgehead atoms. The fourth-order valence-corrected chi connectivity index (χ4v) is 2.29. The lowest BCUT2D eigenvalue weighted by atomic mass is 10.1. The molecule has 0 aromatic heterocycles.